The normalized spacial score (nSPS) is 18.9. The first-order valence-electron chi connectivity index (χ1n) is 6.31. The Bertz CT molecular complexity index is 608. The Hall–Kier alpha value is -1.00. The molecule has 0 aliphatic carbocycles. The van der Waals surface area contributed by atoms with Crippen molar-refractivity contribution in [3.63, 3.8) is 0 Å². The molecule has 1 unspecified atom stereocenters. The lowest BCUT2D eigenvalue weighted by molar-refractivity contribution is 0.350. The zero-order chi connectivity index (χ0) is 14.6. The molecule has 1 atom stereocenters. The van der Waals surface area contributed by atoms with Crippen molar-refractivity contribution in [3.8, 4) is 11.8 Å². The van der Waals surface area contributed by atoms with Crippen molar-refractivity contribution in [2.75, 3.05) is 25.2 Å². The van der Waals surface area contributed by atoms with E-state index < -0.39 is 10.0 Å². The number of sulfonamides is 1. The lowest BCUT2D eigenvalue weighted by atomic mass is 10.2. The lowest BCUT2D eigenvalue weighted by Crippen LogP contribution is -2.36. The van der Waals surface area contributed by atoms with Crippen LogP contribution in [0.1, 0.15) is 12.0 Å². The van der Waals surface area contributed by atoms with Gasteiger partial charge in [0, 0.05) is 24.4 Å². The summed E-state index contributed by atoms with van der Waals surface area (Å²) in [7, 11) is -1.79. The van der Waals surface area contributed by atoms with E-state index in [0.717, 1.165) is 17.9 Å². The number of aliphatic hydroxyl groups is 1. The SMILES string of the molecule is CN(C1CCSC1)S(=O)(=O)c1ccc(C#CCO)cc1. The molecule has 0 radical (unpaired) electrons. The minimum atomic E-state index is -3.44. The first-order valence-corrected chi connectivity index (χ1v) is 8.91. The van der Waals surface area contributed by atoms with Crippen molar-refractivity contribution in [3.05, 3.63) is 29.8 Å². The maximum absolute atomic E-state index is 12.5. The van der Waals surface area contributed by atoms with Crippen LogP contribution in [0.5, 0.6) is 0 Å². The number of hydrogen-bond acceptors (Lipinski definition) is 4. The van der Waals surface area contributed by atoms with Gasteiger partial charge in [-0.05, 0) is 36.4 Å². The summed E-state index contributed by atoms with van der Waals surface area (Å²) < 4.78 is 26.4. The first-order chi connectivity index (χ1) is 9.55. The van der Waals surface area contributed by atoms with Crippen LogP contribution in [0.15, 0.2) is 29.2 Å². The van der Waals surface area contributed by atoms with Crippen LogP contribution < -0.4 is 0 Å². The van der Waals surface area contributed by atoms with Crippen molar-refractivity contribution in [1.29, 1.82) is 0 Å². The number of rotatable bonds is 3. The van der Waals surface area contributed by atoms with Gasteiger partial charge in [0.25, 0.3) is 0 Å². The van der Waals surface area contributed by atoms with Crippen molar-refractivity contribution >= 4 is 21.8 Å². The molecule has 4 nitrogen and oxygen atoms in total. The van der Waals surface area contributed by atoms with Gasteiger partial charge in [-0.3, -0.25) is 0 Å². The van der Waals surface area contributed by atoms with Crippen LogP contribution in [-0.4, -0.2) is 49.0 Å². The Morgan fingerprint density at radius 3 is 2.65 bits per heavy atom. The van der Waals surface area contributed by atoms with Gasteiger partial charge in [0.1, 0.15) is 6.61 Å². The maximum Gasteiger partial charge on any atom is 0.243 e. The van der Waals surface area contributed by atoms with Crippen LogP contribution in [0, 0.1) is 11.8 Å². The molecular weight excluding hydrogens is 294 g/mol. The number of benzene rings is 1. The molecule has 1 aliphatic heterocycles. The summed E-state index contributed by atoms with van der Waals surface area (Å²) >= 11 is 1.79. The topological polar surface area (TPSA) is 57.6 Å². The second kappa shape index (κ2) is 6.64. The van der Waals surface area contributed by atoms with Gasteiger partial charge in [0.05, 0.1) is 4.90 Å². The first kappa shape index (κ1) is 15.4. The maximum atomic E-state index is 12.5. The molecule has 1 aromatic rings. The molecular formula is C14H17NO3S2. The monoisotopic (exact) mass is 311 g/mol. The molecule has 1 aromatic carbocycles. The van der Waals surface area contributed by atoms with Gasteiger partial charge in [-0.15, -0.1) is 0 Å². The summed E-state index contributed by atoms with van der Waals surface area (Å²) in [6.45, 7) is -0.206. The average molecular weight is 311 g/mol. The van der Waals surface area contributed by atoms with E-state index in [1.165, 1.54) is 4.31 Å². The molecule has 1 N–H and O–H groups in total. The van der Waals surface area contributed by atoms with Gasteiger partial charge in [0.15, 0.2) is 0 Å². The van der Waals surface area contributed by atoms with E-state index >= 15 is 0 Å². The van der Waals surface area contributed by atoms with Gasteiger partial charge in [-0.2, -0.15) is 16.1 Å². The fourth-order valence-electron chi connectivity index (χ4n) is 2.02. The standard InChI is InChI=1S/C14H17NO3S2/c1-15(13-8-10-19-11-13)20(17,18)14-6-4-12(5-7-14)3-2-9-16/h4-7,13,16H,8-11H2,1H3. The minimum Gasteiger partial charge on any atom is -0.384 e. The molecule has 2 rings (SSSR count). The molecule has 1 saturated heterocycles. The minimum absolute atomic E-state index is 0.0823. The van der Waals surface area contributed by atoms with Crippen molar-refractivity contribution < 1.29 is 13.5 Å². The van der Waals surface area contributed by atoms with Gasteiger partial charge >= 0.3 is 0 Å². The van der Waals surface area contributed by atoms with Gasteiger partial charge in [-0.1, -0.05) is 11.8 Å². The molecule has 20 heavy (non-hydrogen) atoms. The van der Waals surface area contributed by atoms with Crippen LogP contribution in [0.25, 0.3) is 0 Å². The largest absolute Gasteiger partial charge is 0.384 e. The summed E-state index contributed by atoms with van der Waals surface area (Å²) in [5.74, 6) is 7.15. The van der Waals surface area contributed by atoms with Gasteiger partial charge < -0.3 is 5.11 Å². The Morgan fingerprint density at radius 2 is 2.10 bits per heavy atom. The molecule has 0 amide bonds. The molecule has 1 heterocycles. The summed E-state index contributed by atoms with van der Waals surface area (Å²) in [6.07, 6.45) is 0.903. The van der Waals surface area contributed by atoms with E-state index in [0.29, 0.717) is 5.56 Å². The molecule has 0 bridgehead atoms. The van der Waals surface area contributed by atoms with E-state index in [4.69, 9.17) is 5.11 Å². The van der Waals surface area contributed by atoms with Gasteiger partial charge in [-0.25, -0.2) is 8.42 Å². The zero-order valence-corrected chi connectivity index (χ0v) is 12.9. The second-order valence-corrected chi connectivity index (χ2v) is 7.67. The quantitative estimate of drug-likeness (QED) is 0.851. The van der Waals surface area contributed by atoms with Crippen LogP contribution in [0.3, 0.4) is 0 Å². The number of nitrogens with zero attached hydrogens (tertiary/aromatic N) is 1. The molecule has 0 spiro atoms. The third-order valence-electron chi connectivity index (χ3n) is 3.26. The Balaban J connectivity index is 2.20. The highest BCUT2D eigenvalue weighted by atomic mass is 32.2. The third-order valence-corrected chi connectivity index (χ3v) is 6.33. The second-order valence-electron chi connectivity index (χ2n) is 4.52. The fraction of sp³-hybridized carbons (Fsp3) is 0.429. The van der Waals surface area contributed by atoms with Crippen LogP contribution >= 0.6 is 11.8 Å². The van der Waals surface area contributed by atoms with Crippen LogP contribution in [0.2, 0.25) is 0 Å². The van der Waals surface area contributed by atoms with Crippen LogP contribution in [0.4, 0.5) is 0 Å². The number of thioether (sulfide) groups is 1. The van der Waals surface area contributed by atoms with E-state index in [1.807, 2.05) is 0 Å². The highest BCUT2D eigenvalue weighted by Gasteiger charge is 2.30. The molecule has 1 aliphatic rings. The summed E-state index contributed by atoms with van der Waals surface area (Å²) in [4.78, 5) is 0.284. The summed E-state index contributed by atoms with van der Waals surface area (Å²) in [6, 6.07) is 6.53. The highest BCUT2D eigenvalue weighted by molar-refractivity contribution is 7.99. The molecule has 1 fully saturated rings. The Kier molecular flexibility index (Phi) is 5.11. The van der Waals surface area contributed by atoms with E-state index in [1.54, 1.807) is 43.1 Å². The van der Waals surface area contributed by atoms with E-state index in [-0.39, 0.29) is 17.5 Å². The molecule has 0 saturated carbocycles. The zero-order valence-electron chi connectivity index (χ0n) is 11.2. The smallest absolute Gasteiger partial charge is 0.243 e. The fourth-order valence-corrected chi connectivity index (χ4v) is 4.77. The van der Waals surface area contributed by atoms with E-state index in [2.05, 4.69) is 11.8 Å². The van der Waals surface area contributed by atoms with Gasteiger partial charge in [0.2, 0.25) is 10.0 Å². The van der Waals surface area contributed by atoms with Crippen molar-refractivity contribution in [2.24, 2.45) is 0 Å². The van der Waals surface area contributed by atoms with E-state index in [9.17, 15) is 8.42 Å². The molecule has 0 aromatic heterocycles. The average Bonchev–Trinajstić information content (AvgIpc) is 2.98. The van der Waals surface area contributed by atoms with Crippen molar-refractivity contribution in [2.45, 2.75) is 17.4 Å². The Labute approximate surface area is 124 Å². The highest BCUT2D eigenvalue weighted by Crippen LogP contribution is 2.26. The predicted molar refractivity (Wildman–Crippen MR) is 81.1 cm³/mol. The third kappa shape index (κ3) is 3.36. The molecule has 6 heteroatoms. The van der Waals surface area contributed by atoms with Crippen LogP contribution in [-0.2, 0) is 10.0 Å². The summed E-state index contributed by atoms with van der Waals surface area (Å²) in [5.41, 5.74) is 0.692. The molecule has 108 valence electrons. The summed E-state index contributed by atoms with van der Waals surface area (Å²) in [5, 5.41) is 8.63. The number of hydrogen-bond donors (Lipinski definition) is 1. The Morgan fingerprint density at radius 1 is 1.40 bits per heavy atom. The lowest BCUT2D eigenvalue weighted by Gasteiger charge is -2.23. The predicted octanol–water partition coefficient (Wildman–Crippen LogP) is 1.16. The number of aliphatic hydroxyl groups excluding tert-OH is 1. The van der Waals surface area contributed by atoms with Crippen molar-refractivity contribution in [1.82, 2.24) is 4.31 Å².